The Bertz CT molecular complexity index is 987. The molecule has 0 unspecified atom stereocenters. The SMILES string of the molecule is C=CCSc1nc(=O)c2c(n1C)NC(=O)C[C@@H]2c1cccc(OC)c1OCCC. The van der Waals surface area contributed by atoms with Crippen molar-refractivity contribution >= 4 is 23.5 Å². The molecule has 154 valence electrons. The first-order valence-electron chi connectivity index (χ1n) is 9.45. The molecule has 1 aliphatic rings. The second-order valence-electron chi connectivity index (χ2n) is 6.65. The second-order valence-corrected chi connectivity index (χ2v) is 7.64. The van der Waals surface area contributed by atoms with Gasteiger partial charge in [-0.3, -0.25) is 9.59 Å². The van der Waals surface area contributed by atoms with E-state index in [-0.39, 0.29) is 17.9 Å². The lowest BCUT2D eigenvalue weighted by atomic mass is 9.86. The first kappa shape index (κ1) is 21.0. The summed E-state index contributed by atoms with van der Waals surface area (Å²) >= 11 is 1.39. The number of thioether (sulfide) groups is 1. The number of benzene rings is 1. The number of ether oxygens (including phenoxy) is 2. The number of carbonyl (C=O) groups is 1. The molecule has 1 N–H and O–H groups in total. The average molecular weight is 416 g/mol. The van der Waals surface area contributed by atoms with Gasteiger partial charge in [-0.1, -0.05) is 36.9 Å². The molecule has 1 aromatic carbocycles. The number of hydrogen-bond acceptors (Lipinski definition) is 6. The van der Waals surface area contributed by atoms with Gasteiger partial charge in [0.2, 0.25) is 5.91 Å². The molecule has 29 heavy (non-hydrogen) atoms. The van der Waals surface area contributed by atoms with Gasteiger partial charge < -0.3 is 19.4 Å². The number of anilines is 1. The van der Waals surface area contributed by atoms with Gasteiger partial charge in [0.1, 0.15) is 5.82 Å². The summed E-state index contributed by atoms with van der Waals surface area (Å²) in [5, 5.41) is 3.38. The van der Waals surface area contributed by atoms with Gasteiger partial charge in [-0.2, -0.15) is 4.98 Å². The van der Waals surface area contributed by atoms with Crippen LogP contribution in [0.15, 0.2) is 40.8 Å². The normalized spacial score (nSPS) is 15.4. The van der Waals surface area contributed by atoms with Crippen molar-refractivity contribution in [3.05, 3.63) is 52.3 Å². The number of rotatable bonds is 8. The average Bonchev–Trinajstić information content (AvgIpc) is 2.72. The van der Waals surface area contributed by atoms with Crippen LogP contribution < -0.4 is 20.3 Å². The number of aromatic nitrogens is 2. The molecule has 0 spiro atoms. The number of hydrogen-bond donors (Lipinski definition) is 1. The van der Waals surface area contributed by atoms with Crippen molar-refractivity contribution < 1.29 is 14.3 Å². The minimum Gasteiger partial charge on any atom is -0.493 e. The minimum absolute atomic E-state index is 0.138. The van der Waals surface area contributed by atoms with Crippen LogP contribution in [0.1, 0.15) is 36.8 Å². The maximum atomic E-state index is 13.0. The van der Waals surface area contributed by atoms with E-state index in [9.17, 15) is 9.59 Å². The molecular formula is C21H25N3O4S. The molecular weight excluding hydrogens is 390 g/mol. The lowest BCUT2D eigenvalue weighted by Gasteiger charge is -2.29. The summed E-state index contributed by atoms with van der Waals surface area (Å²) in [7, 11) is 3.36. The highest BCUT2D eigenvalue weighted by Gasteiger charge is 2.34. The zero-order chi connectivity index (χ0) is 21.0. The van der Waals surface area contributed by atoms with Gasteiger partial charge in [-0.25, -0.2) is 0 Å². The highest BCUT2D eigenvalue weighted by Crippen LogP contribution is 2.43. The third-order valence-electron chi connectivity index (χ3n) is 4.69. The summed E-state index contributed by atoms with van der Waals surface area (Å²) in [6, 6.07) is 5.52. The second kappa shape index (κ2) is 9.17. The number of amides is 1. The summed E-state index contributed by atoms with van der Waals surface area (Å²) < 4.78 is 13.2. The molecule has 8 heteroatoms. The van der Waals surface area contributed by atoms with E-state index >= 15 is 0 Å². The van der Waals surface area contributed by atoms with Gasteiger partial charge >= 0.3 is 0 Å². The van der Waals surface area contributed by atoms with Crippen molar-refractivity contribution in [2.75, 3.05) is 24.8 Å². The van der Waals surface area contributed by atoms with Gasteiger partial charge in [-0.05, 0) is 12.5 Å². The molecule has 7 nitrogen and oxygen atoms in total. The molecule has 0 saturated carbocycles. The largest absolute Gasteiger partial charge is 0.493 e. The van der Waals surface area contributed by atoms with E-state index in [1.165, 1.54) is 11.8 Å². The Kier molecular flexibility index (Phi) is 6.64. The molecule has 0 radical (unpaired) electrons. The molecule has 0 bridgehead atoms. The van der Waals surface area contributed by atoms with Crippen molar-refractivity contribution in [2.24, 2.45) is 7.05 Å². The minimum atomic E-state index is -0.467. The monoisotopic (exact) mass is 415 g/mol. The molecule has 0 saturated heterocycles. The third-order valence-corrected chi connectivity index (χ3v) is 5.71. The standard InChI is InChI=1S/C21H25N3O4S/c1-5-10-28-18-13(8-7-9-15(18)27-4)14-12-16(25)22-19-17(14)20(26)23-21(24(19)3)29-11-6-2/h6-9,14H,2,5,10-12H2,1,3-4H3,(H,22,25)/t14-/m1/s1. The van der Waals surface area contributed by atoms with Crippen molar-refractivity contribution in [1.29, 1.82) is 0 Å². The Morgan fingerprint density at radius 3 is 2.90 bits per heavy atom. The number of methoxy groups -OCH3 is 1. The van der Waals surface area contributed by atoms with Gasteiger partial charge in [0, 0.05) is 30.7 Å². The smallest absolute Gasteiger partial charge is 0.279 e. The Morgan fingerprint density at radius 1 is 1.41 bits per heavy atom. The maximum absolute atomic E-state index is 13.0. The van der Waals surface area contributed by atoms with E-state index in [1.807, 2.05) is 25.1 Å². The highest BCUT2D eigenvalue weighted by atomic mass is 32.2. The van der Waals surface area contributed by atoms with Gasteiger partial charge in [0.15, 0.2) is 16.7 Å². The molecule has 2 heterocycles. The van der Waals surface area contributed by atoms with Crippen molar-refractivity contribution in [3.63, 3.8) is 0 Å². The van der Waals surface area contributed by atoms with Crippen LogP contribution in [0, 0.1) is 0 Å². The number of nitrogens with zero attached hydrogens (tertiary/aromatic N) is 2. The van der Waals surface area contributed by atoms with Crippen molar-refractivity contribution in [2.45, 2.75) is 30.8 Å². The van der Waals surface area contributed by atoms with Crippen LogP contribution >= 0.6 is 11.8 Å². The summed E-state index contributed by atoms with van der Waals surface area (Å²) in [6.45, 7) is 6.22. The van der Waals surface area contributed by atoms with E-state index in [4.69, 9.17) is 9.47 Å². The Hall–Kier alpha value is -2.74. The van der Waals surface area contributed by atoms with Crippen LogP contribution in [0.25, 0.3) is 0 Å². The molecule has 0 fully saturated rings. The van der Waals surface area contributed by atoms with Gasteiger partial charge in [-0.15, -0.1) is 6.58 Å². The fourth-order valence-corrected chi connectivity index (χ4v) is 4.09. The van der Waals surface area contributed by atoms with Crippen LogP contribution in [-0.4, -0.2) is 34.9 Å². The van der Waals surface area contributed by atoms with Crippen LogP contribution in [0.4, 0.5) is 5.82 Å². The first-order chi connectivity index (χ1) is 14.0. The summed E-state index contributed by atoms with van der Waals surface area (Å²) in [5.74, 6) is 1.60. The first-order valence-corrected chi connectivity index (χ1v) is 10.4. The topological polar surface area (TPSA) is 82.5 Å². The lowest BCUT2D eigenvalue weighted by Crippen LogP contribution is -2.33. The molecule has 1 aliphatic heterocycles. The lowest BCUT2D eigenvalue weighted by molar-refractivity contribution is -0.116. The maximum Gasteiger partial charge on any atom is 0.279 e. The fourth-order valence-electron chi connectivity index (χ4n) is 3.39. The zero-order valence-electron chi connectivity index (χ0n) is 16.9. The van der Waals surface area contributed by atoms with Gasteiger partial charge in [0.05, 0.1) is 19.3 Å². The van der Waals surface area contributed by atoms with E-state index < -0.39 is 5.92 Å². The molecule has 3 rings (SSSR count). The number of carbonyl (C=O) groups excluding carboxylic acids is 1. The van der Waals surface area contributed by atoms with Crippen LogP contribution in [-0.2, 0) is 11.8 Å². The summed E-state index contributed by atoms with van der Waals surface area (Å²) in [4.78, 5) is 29.8. The number of nitrogens with one attached hydrogen (secondary N) is 1. The van der Waals surface area contributed by atoms with E-state index in [0.29, 0.717) is 40.4 Å². The quantitative estimate of drug-likeness (QED) is 0.405. The molecule has 2 aromatic rings. The van der Waals surface area contributed by atoms with E-state index in [0.717, 1.165) is 12.0 Å². The number of fused-ring (bicyclic) bond motifs is 1. The Labute approximate surface area is 174 Å². The summed E-state index contributed by atoms with van der Waals surface area (Å²) in [5.41, 5.74) is 0.864. The molecule has 1 amide bonds. The fraction of sp³-hybridized carbons (Fsp3) is 0.381. The van der Waals surface area contributed by atoms with Crippen LogP contribution in [0.2, 0.25) is 0 Å². The molecule has 1 aromatic heterocycles. The van der Waals surface area contributed by atoms with E-state index in [1.54, 1.807) is 24.8 Å². The Balaban J connectivity index is 2.17. The van der Waals surface area contributed by atoms with E-state index in [2.05, 4.69) is 16.9 Å². The predicted octanol–water partition coefficient (Wildman–Crippen LogP) is 3.33. The van der Waals surface area contributed by atoms with Crippen LogP contribution in [0.3, 0.4) is 0 Å². The van der Waals surface area contributed by atoms with Crippen molar-refractivity contribution in [3.8, 4) is 11.5 Å². The highest BCUT2D eigenvalue weighted by molar-refractivity contribution is 7.99. The summed E-state index contributed by atoms with van der Waals surface area (Å²) in [6.07, 6.45) is 2.70. The van der Waals surface area contributed by atoms with Crippen molar-refractivity contribution in [1.82, 2.24) is 9.55 Å². The predicted molar refractivity (Wildman–Crippen MR) is 114 cm³/mol. The van der Waals surface area contributed by atoms with Crippen LogP contribution in [0.5, 0.6) is 11.5 Å². The molecule has 1 atom stereocenters. The number of para-hydroxylation sites is 1. The third kappa shape index (κ3) is 4.17. The Morgan fingerprint density at radius 2 is 2.21 bits per heavy atom. The zero-order valence-corrected chi connectivity index (χ0v) is 17.7. The van der Waals surface area contributed by atoms with Gasteiger partial charge in [0.25, 0.3) is 5.56 Å². The molecule has 0 aliphatic carbocycles.